The number of H-pyrrole nitrogens is 1. The van der Waals surface area contributed by atoms with Crippen LogP contribution in [0.4, 0.5) is 11.4 Å². The molecule has 2 aromatic heterocycles. The van der Waals surface area contributed by atoms with Crippen LogP contribution in [0.5, 0.6) is 5.88 Å². The summed E-state index contributed by atoms with van der Waals surface area (Å²) >= 11 is 6.24. The molecule has 9 nitrogen and oxygen atoms in total. The van der Waals surface area contributed by atoms with E-state index >= 15 is 0 Å². The van der Waals surface area contributed by atoms with E-state index in [1.165, 1.54) is 31.5 Å². The summed E-state index contributed by atoms with van der Waals surface area (Å²) in [4.78, 5) is 44.7. The van der Waals surface area contributed by atoms with Crippen molar-refractivity contribution in [2.24, 2.45) is 0 Å². The zero-order valence-electron chi connectivity index (χ0n) is 19.4. The second-order valence-corrected chi connectivity index (χ2v) is 8.49. The maximum Gasteiger partial charge on any atom is 0.261 e. The molecular formula is C26H24ClN5O4. The molecule has 0 atom stereocenters. The molecule has 2 amide bonds. The number of anilines is 2. The maximum atomic E-state index is 12.9. The number of ether oxygens (including phenoxy) is 1. The molecule has 0 aliphatic carbocycles. The van der Waals surface area contributed by atoms with Gasteiger partial charge in [0.2, 0.25) is 5.88 Å². The Balaban J connectivity index is 1.42. The number of benzene rings is 2. The van der Waals surface area contributed by atoms with Crippen molar-refractivity contribution < 1.29 is 14.3 Å². The van der Waals surface area contributed by atoms with Gasteiger partial charge in [0.05, 0.1) is 23.3 Å². The Morgan fingerprint density at radius 3 is 2.72 bits per heavy atom. The molecule has 184 valence electrons. The number of methoxy groups -OCH3 is 1. The minimum atomic E-state index is -0.671. The highest BCUT2D eigenvalue weighted by molar-refractivity contribution is 6.34. The lowest BCUT2D eigenvalue weighted by Crippen LogP contribution is -2.25. The van der Waals surface area contributed by atoms with Gasteiger partial charge in [-0.3, -0.25) is 14.4 Å². The van der Waals surface area contributed by atoms with Crippen molar-refractivity contribution in [2.75, 3.05) is 24.7 Å². The molecule has 0 saturated heterocycles. The molecule has 0 unspecified atom stereocenters. The fourth-order valence-electron chi connectivity index (χ4n) is 3.66. The van der Waals surface area contributed by atoms with Crippen molar-refractivity contribution in [3.05, 3.63) is 92.9 Å². The number of nitrogen functional groups attached to an aromatic ring is 1. The van der Waals surface area contributed by atoms with Crippen LogP contribution in [0.15, 0.2) is 65.6 Å². The molecule has 0 aliphatic rings. The number of aromatic amines is 1. The number of hydrogen-bond donors (Lipinski definition) is 4. The van der Waals surface area contributed by atoms with Gasteiger partial charge in [-0.25, -0.2) is 4.98 Å². The molecule has 0 bridgehead atoms. The van der Waals surface area contributed by atoms with Crippen LogP contribution in [0.2, 0.25) is 5.02 Å². The predicted molar refractivity (Wildman–Crippen MR) is 140 cm³/mol. The van der Waals surface area contributed by atoms with Gasteiger partial charge in [0.25, 0.3) is 17.4 Å². The number of nitrogens with one attached hydrogen (secondary N) is 3. The molecule has 5 N–H and O–H groups in total. The zero-order chi connectivity index (χ0) is 25.7. The highest BCUT2D eigenvalue weighted by atomic mass is 35.5. The lowest BCUT2D eigenvalue weighted by Gasteiger charge is -2.11. The molecule has 0 aliphatic heterocycles. The van der Waals surface area contributed by atoms with Gasteiger partial charge in [0.15, 0.2) is 0 Å². The quantitative estimate of drug-likeness (QED) is 0.212. The standard InChI is InChI=1S/C26H24ClN5O4/c1-36-23-13-21-17(14-30-23)11-19(25(34)31-21)26(35)32-22-12-16(7-8-20(22)27)24(33)29-9-3-5-15-4-2-6-18(28)10-15/h2,4,6-8,10-14H,3,5,9,28H2,1H3,(H,29,33)(H,31,34)(H,32,35). The highest BCUT2D eigenvalue weighted by Gasteiger charge is 2.16. The maximum absolute atomic E-state index is 12.9. The third kappa shape index (κ3) is 5.81. The minimum absolute atomic E-state index is 0.123. The first-order valence-corrected chi connectivity index (χ1v) is 11.5. The van der Waals surface area contributed by atoms with Gasteiger partial charge in [0.1, 0.15) is 5.56 Å². The third-order valence-corrected chi connectivity index (χ3v) is 5.84. The van der Waals surface area contributed by atoms with Crippen LogP contribution in [0.3, 0.4) is 0 Å². The lowest BCUT2D eigenvalue weighted by molar-refractivity contribution is 0.0951. The second kappa shape index (κ2) is 10.9. The van der Waals surface area contributed by atoms with Crippen molar-refractivity contribution in [2.45, 2.75) is 12.8 Å². The molecular weight excluding hydrogens is 482 g/mol. The number of nitrogens with zero attached hydrogens (tertiary/aromatic N) is 1. The first kappa shape index (κ1) is 24.7. The fourth-order valence-corrected chi connectivity index (χ4v) is 3.82. The number of fused-ring (bicyclic) bond motifs is 1. The molecule has 2 heterocycles. The lowest BCUT2D eigenvalue weighted by atomic mass is 10.1. The largest absolute Gasteiger partial charge is 0.481 e. The Hall–Kier alpha value is -4.37. The Morgan fingerprint density at radius 1 is 1.11 bits per heavy atom. The van der Waals surface area contributed by atoms with Gasteiger partial charge in [-0.15, -0.1) is 0 Å². The molecule has 2 aromatic carbocycles. The number of carbonyl (C=O) groups is 2. The number of aromatic nitrogens is 2. The van der Waals surface area contributed by atoms with E-state index in [0.717, 1.165) is 18.4 Å². The Bertz CT molecular complexity index is 1500. The first-order valence-electron chi connectivity index (χ1n) is 11.1. The number of pyridine rings is 2. The highest BCUT2D eigenvalue weighted by Crippen LogP contribution is 2.24. The monoisotopic (exact) mass is 505 g/mol. The Labute approximate surface area is 211 Å². The van der Waals surface area contributed by atoms with Gasteiger partial charge < -0.3 is 26.1 Å². The van der Waals surface area contributed by atoms with Crippen LogP contribution >= 0.6 is 11.6 Å². The van der Waals surface area contributed by atoms with Crippen LogP contribution in [0.25, 0.3) is 10.9 Å². The molecule has 0 saturated carbocycles. The van der Waals surface area contributed by atoms with Crippen molar-refractivity contribution in [1.29, 1.82) is 0 Å². The summed E-state index contributed by atoms with van der Waals surface area (Å²) < 4.78 is 5.05. The van der Waals surface area contributed by atoms with E-state index in [1.807, 2.05) is 24.3 Å². The van der Waals surface area contributed by atoms with Crippen molar-refractivity contribution in [1.82, 2.24) is 15.3 Å². The van der Waals surface area contributed by atoms with Crippen molar-refractivity contribution in [3.8, 4) is 5.88 Å². The van der Waals surface area contributed by atoms with Crippen LogP contribution in [-0.4, -0.2) is 35.4 Å². The molecule has 0 fully saturated rings. The second-order valence-electron chi connectivity index (χ2n) is 8.08. The number of hydrogen-bond acceptors (Lipinski definition) is 6. The van der Waals surface area contributed by atoms with E-state index in [0.29, 0.717) is 34.6 Å². The van der Waals surface area contributed by atoms with Gasteiger partial charge in [-0.1, -0.05) is 23.7 Å². The van der Waals surface area contributed by atoms with Crippen molar-refractivity contribution in [3.63, 3.8) is 0 Å². The molecule has 4 rings (SSSR count). The van der Waals surface area contributed by atoms with E-state index in [1.54, 1.807) is 12.1 Å². The van der Waals surface area contributed by atoms with E-state index in [4.69, 9.17) is 22.1 Å². The fraction of sp³-hybridized carbons (Fsp3) is 0.154. The van der Waals surface area contributed by atoms with Crippen LogP contribution in [-0.2, 0) is 6.42 Å². The summed E-state index contributed by atoms with van der Waals surface area (Å²) in [5.41, 5.74) is 7.90. The summed E-state index contributed by atoms with van der Waals surface area (Å²) in [5, 5.41) is 6.25. The number of rotatable bonds is 8. The summed E-state index contributed by atoms with van der Waals surface area (Å²) in [6.45, 7) is 0.462. The average molecular weight is 506 g/mol. The van der Waals surface area contributed by atoms with Crippen LogP contribution < -0.4 is 26.7 Å². The van der Waals surface area contributed by atoms with Crippen LogP contribution in [0.1, 0.15) is 32.7 Å². The minimum Gasteiger partial charge on any atom is -0.481 e. The number of halogens is 1. The summed E-state index contributed by atoms with van der Waals surface area (Å²) in [5.74, 6) is -0.643. The number of amides is 2. The average Bonchev–Trinajstić information content (AvgIpc) is 2.87. The summed E-state index contributed by atoms with van der Waals surface area (Å²) in [7, 11) is 1.47. The van der Waals surface area contributed by atoms with Crippen LogP contribution in [0, 0.1) is 0 Å². The predicted octanol–water partition coefficient (Wildman–Crippen LogP) is 3.78. The van der Waals surface area contributed by atoms with Gasteiger partial charge >= 0.3 is 0 Å². The number of carbonyl (C=O) groups excluding carboxylic acids is 2. The van der Waals surface area contributed by atoms with E-state index in [2.05, 4.69) is 20.6 Å². The molecule has 10 heteroatoms. The smallest absolute Gasteiger partial charge is 0.261 e. The SMILES string of the molecule is COc1cc2[nH]c(=O)c(C(=O)Nc3cc(C(=O)NCCCc4cccc(N)c4)ccc3Cl)cc2cn1. The summed E-state index contributed by atoms with van der Waals surface area (Å²) in [6, 6.07) is 15.2. The number of aryl methyl sites for hydroxylation is 1. The van der Waals surface area contributed by atoms with E-state index < -0.39 is 11.5 Å². The third-order valence-electron chi connectivity index (χ3n) is 5.51. The molecule has 0 spiro atoms. The van der Waals surface area contributed by atoms with Gasteiger partial charge in [-0.05, 0) is 54.8 Å². The van der Waals surface area contributed by atoms with E-state index in [9.17, 15) is 14.4 Å². The summed E-state index contributed by atoms with van der Waals surface area (Å²) in [6.07, 6.45) is 3.00. The van der Waals surface area contributed by atoms with Crippen molar-refractivity contribution >= 4 is 45.7 Å². The molecule has 0 radical (unpaired) electrons. The van der Waals surface area contributed by atoms with Gasteiger partial charge in [0, 0.05) is 35.4 Å². The van der Waals surface area contributed by atoms with E-state index in [-0.39, 0.29) is 22.2 Å². The zero-order valence-corrected chi connectivity index (χ0v) is 20.2. The first-order chi connectivity index (χ1) is 17.3. The molecule has 4 aromatic rings. The topological polar surface area (TPSA) is 139 Å². The molecule has 36 heavy (non-hydrogen) atoms. The normalized spacial score (nSPS) is 10.7. The Kier molecular flexibility index (Phi) is 7.50. The van der Waals surface area contributed by atoms with Gasteiger partial charge in [-0.2, -0.15) is 0 Å². The number of nitrogens with two attached hydrogens (primary N) is 1. The Morgan fingerprint density at radius 2 is 1.94 bits per heavy atom.